The average Bonchev–Trinajstić information content (AvgIpc) is 3.17. The largest absolute Gasteiger partial charge is 0.380 e. The summed E-state index contributed by atoms with van der Waals surface area (Å²) in [5.41, 5.74) is 0.404. The van der Waals surface area contributed by atoms with Gasteiger partial charge in [0.05, 0.1) is 6.61 Å². The van der Waals surface area contributed by atoms with Crippen LogP contribution in [0.25, 0.3) is 0 Å². The van der Waals surface area contributed by atoms with E-state index in [1.54, 1.807) is 0 Å². The minimum absolute atomic E-state index is 0.404. The zero-order valence-corrected chi connectivity index (χ0v) is 13.2. The second-order valence-electron chi connectivity index (χ2n) is 7.21. The lowest BCUT2D eigenvalue weighted by atomic mass is 9.70. The van der Waals surface area contributed by atoms with E-state index in [4.69, 9.17) is 4.74 Å². The molecule has 19 heavy (non-hydrogen) atoms. The standard InChI is InChI=1S/C16H32N2O/c1-16(2)9-5-6-14(15(16)17-3)18(4)10-11-19-12-13-7-8-13/h13-15,17H,5-12H2,1-4H3. The zero-order chi connectivity index (χ0) is 13.9. The first-order valence-electron chi connectivity index (χ1n) is 8.00. The van der Waals surface area contributed by atoms with E-state index in [1.165, 1.54) is 32.1 Å². The molecule has 0 bridgehead atoms. The lowest BCUT2D eigenvalue weighted by Gasteiger charge is -2.47. The highest BCUT2D eigenvalue weighted by Crippen LogP contribution is 2.37. The van der Waals surface area contributed by atoms with Crippen molar-refractivity contribution in [2.24, 2.45) is 11.3 Å². The lowest BCUT2D eigenvalue weighted by Crippen LogP contribution is -2.57. The Kier molecular flexibility index (Phi) is 5.27. The fourth-order valence-electron chi connectivity index (χ4n) is 3.58. The number of ether oxygens (including phenoxy) is 1. The van der Waals surface area contributed by atoms with Crippen LogP contribution in [0, 0.1) is 11.3 Å². The normalized spacial score (nSPS) is 30.8. The highest BCUT2D eigenvalue weighted by molar-refractivity contribution is 4.96. The van der Waals surface area contributed by atoms with Gasteiger partial charge in [-0.05, 0) is 51.1 Å². The molecular formula is C16H32N2O. The van der Waals surface area contributed by atoms with Crippen LogP contribution in [0.15, 0.2) is 0 Å². The van der Waals surface area contributed by atoms with Crippen LogP contribution >= 0.6 is 0 Å². The summed E-state index contributed by atoms with van der Waals surface area (Å²) < 4.78 is 5.78. The fourth-order valence-corrected chi connectivity index (χ4v) is 3.58. The summed E-state index contributed by atoms with van der Waals surface area (Å²) in [4.78, 5) is 2.51. The van der Waals surface area contributed by atoms with Crippen molar-refractivity contribution >= 4 is 0 Å². The van der Waals surface area contributed by atoms with E-state index in [2.05, 4.69) is 38.2 Å². The lowest BCUT2D eigenvalue weighted by molar-refractivity contribution is 0.0404. The fraction of sp³-hybridized carbons (Fsp3) is 1.00. The molecule has 112 valence electrons. The van der Waals surface area contributed by atoms with Gasteiger partial charge in [-0.3, -0.25) is 4.90 Å². The smallest absolute Gasteiger partial charge is 0.0593 e. The summed E-state index contributed by atoms with van der Waals surface area (Å²) in [5.74, 6) is 0.879. The predicted molar refractivity (Wildman–Crippen MR) is 80.4 cm³/mol. The topological polar surface area (TPSA) is 24.5 Å². The minimum Gasteiger partial charge on any atom is -0.380 e. The van der Waals surface area contributed by atoms with E-state index in [0.29, 0.717) is 17.5 Å². The van der Waals surface area contributed by atoms with Crippen LogP contribution in [0.5, 0.6) is 0 Å². The summed E-state index contributed by atoms with van der Waals surface area (Å²) in [6.45, 7) is 7.74. The van der Waals surface area contributed by atoms with Crippen LogP contribution in [0.3, 0.4) is 0 Å². The molecule has 2 rings (SSSR count). The van der Waals surface area contributed by atoms with Gasteiger partial charge < -0.3 is 10.1 Å². The molecule has 0 radical (unpaired) electrons. The van der Waals surface area contributed by atoms with Gasteiger partial charge in [0.2, 0.25) is 0 Å². The number of rotatable bonds is 7. The summed E-state index contributed by atoms with van der Waals surface area (Å²) in [5, 5.41) is 3.56. The van der Waals surface area contributed by atoms with Crippen LogP contribution in [-0.4, -0.2) is 50.8 Å². The zero-order valence-electron chi connectivity index (χ0n) is 13.2. The van der Waals surface area contributed by atoms with Crippen molar-refractivity contribution in [1.82, 2.24) is 10.2 Å². The van der Waals surface area contributed by atoms with E-state index < -0.39 is 0 Å². The Bertz CT molecular complexity index is 276. The molecule has 2 atom stereocenters. The molecule has 0 heterocycles. The van der Waals surface area contributed by atoms with Crippen LogP contribution < -0.4 is 5.32 Å². The van der Waals surface area contributed by atoms with Crippen molar-refractivity contribution in [2.75, 3.05) is 33.9 Å². The van der Waals surface area contributed by atoms with Crippen molar-refractivity contribution in [3.05, 3.63) is 0 Å². The second kappa shape index (κ2) is 6.55. The second-order valence-corrected chi connectivity index (χ2v) is 7.21. The molecule has 2 saturated carbocycles. The molecule has 3 heteroatoms. The third-order valence-corrected chi connectivity index (χ3v) is 5.06. The SMILES string of the molecule is CNC1C(N(C)CCOCC2CC2)CCCC1(C)C. The first kappa shape index (κ1) is 15.3. The molecule has 0 saturated heterocycles. The monoisotopic (exact) mass is 268 g/mol. The molecule has 2 unspecified atom stereocenters. The van der Waals surface area contributed by atoms with Crippen molar-refractivity contribution in [3.8, 4) is 0 Å². The molecule has 0 spiro atoms. The van der Waals surface area contributed by atoms with E-state index in [1.807, 2.05) is 0 Å². The van der Waals surface area contributed by atoms with Gasteiger partial charge in [0, 0.05) is 25.2 Å². The molecule has 0 aliphatic heterocycles. The Balaban J connectivity index is 1.76. The van der Waals surface area contributed by atoms with Gasteiger partial charge in [0.25, 0.3) is 0 Å². The molecule has 2 aliphatic carbocycles. The molecule has 0 aromatic heterocycles. The van der Waals surface area contributed by atoms with Crippen molar-refractivity contribution < 1.29 is 4.74 Å². The maximum Gasteiger partial charge on any atom is 0.0593 e. The summed E-state index contributed by atoms with van der Waals surface area (Å²) in [6, 6.07) is 1.24. The quantitative estimate of drug-likeness (QED) is 0.718. The number of hydrogen-bond donors (Lipinski definition) is 1. The van der Waals surface area contributed by atoms with Gasteiger partial charge in [0.1, 0.15) is 0 Å². The number of likely N-dealkylation sites (N-methyl/N-ethyl adjacent to an activating group) is 2. The van der Waals surface area contributed by atoms with Gasteiger partial charge in [-0.25, -0.2) is 0 Å². The summed E-state index contributed by atoms with van der Waals surface area (Å²) in [7, 11) is 4.37. The highest BCUT2D eigenvalue weighted by Gasteiger charge is 2.39. The van der Waals surface area contributed by atoms with Gasteiger partial charge in [0.15, 0.2) is 0 Å². The van der Waals surface area contributed by atoms with Crippen molar-refractivity contribution in [2.45, 2.75) is 58.0 Å². The molecule has 0 aromatic carbocycles. The van der Waals surface area contributed by atoms with E-state index in [0.717, 1.165) is 25.7 Å². The third kappa shape index (κ3) is 4.17. The summed E-state index contributed by atoms with van der Waals surface area (Å²) in [6.07, 6.45) is 6.77. The Morgan fingerprint density at radius 2 is 2.00 bits per heavy atom. The van der Waals surface area contributed by atoms with Gasteiger partial charge >= 0.3 is 0 Å². The molecule has 2 fully saturated rings. The Hall–Kier alpha value is -0.120. The molecule has 1 N–H and O–H groups in total. The minimum atomic E-state index is 0.404. The molecule has 2 aliphatic rings. The summed E-state index contributed by atoms with van der Waals surface area (Å²) >= 11 is 0. The highest BCUT2D eigenvalue weighted by atomic mass is 16.5. The third-order valence-electron chi connectivity index (χ3n) is 5.06. The Morgan fingerprint density at radius 1 is 1.26 bits per heavy atom. The molecular weight excluding hydrogens is 236 g/mol. The first-order chi connectivity index (χ1) is 9.04. The van der Waals surface area contributed by atoms with Crippen LogP contribution in [0.2, 0.25) is 0 Å². The molecule has 0 aromatic rings. The van der Waals surface area contributed by atoms with Crippen LogP contribution in [0.1, 0.15) is 46.0 Å². The average molecular weight is 268 g/mol. The van der Waals surface area contributed by atoms with Gasteiger partial charge in [-0.15, -0.1) is 0 Å². The Labute approximate surface area is 119 Å². The molecule has 0 amide bonds. The van der Waals surface area contributed by atoms with Crippen LogP contribution in [0.4, 0.5) is 0 Å². The predicted octanol–water partition coefficient (Wildman–Crippen LogP) is 2.51. The maximum atomic E-state index is 5.78. The van der Waals surface area contributed by atoms with Gasteiger partial charge in [-0.1, -0.05) is 20.3 Å². The maximum absolute atomic E-state index is 5.78. The number of nitrogens with zero attached hydrogens (tertiary/aromatic N) is 1. The molecule has 3 nitrogen and oxygen atoms in total. The number of hydrogen-bond acceptors (Lipinski definition) is 3. The number of nitrogens with one attached hydrogen (secondary N) is 1. The van der Waals surface area contributed by atoms with Gasteiger partial charge in [-0.2, -0.15) is 0 Å². The van der Waals surface area contributed by atoms with Crippen molar-refractivity contribution in [1.29, 1.82) is 0 Å². The van der Waals surface area contributed by atoms with E-state index in [-0.39, 0.29) is 0 Å². The van der Waals surface area contributed by atoms with Crippen molar-refractivity contribution in [3.63, 3.8) is 0 Å². The Morgan fingerprint density at radius 3 is 2.63 bits per heavy atom. The first-order valence-corrected chi connectivity index (χ1v) is 8.00. The van der Waals surface area contributed by atoms with E-state index >= 15 is 0 Å². The van der Waals surface area contributed by atoms with E-state index in [9.17, 15) is 0 Å². The van der Waals surface area contributed by atoms with Crippen LogP contribution in [-0.2, 0) is 4.74 Å².